The molecule has 2 atom stereocenters. The third-order valence-corrected chi connectivity index (χ3v) is 7.06. The first-order chi connectivity index (χ1) is 15.5. The molecule has 10 nitrogen and oxygen atoms in total. The van der Waals surface area contributed by atoms with Gasteiger partial charge in [-0.2, -0.15) is 34.8 Å². The summed E-state index contributed by atoms with van der Waals surface area (Å²) in [5.74, 6) is -9.17. The first kappa shape index (κ1) is 30.9. The highest BCUT2D eigenvalue weighted by molar-refractivity contribution is 7.91. The summed E-state index contributed by atoms with van der Waals surface area (Å²) in [4.78, 5) is 23.5. The van der Waals surface area contributed by atoms with Gasteiger partial charge in [-0.05, 0) is 13.8 Å². The Labute approximate surface area is 196 Å². The first-order valence-electron chi connectivity index (χ1n) is 9.33. The van der Waals surface area contributed by atoms with Crippen LogP contribution in [-0.4, -0.2) is 68.0 Å². The van der Waals surface area contributed by atoms with Crippen LogP contribution in [0.15, 0.2) is 24.3 Å². The van der Waals surface area contributed by atoms with Gasteiger partial charge in [0.2, 0.25) is 0 Å². The van der Waals surface area contributed by atoms with E-state index in [1.807, 2.05) is 0 Å². The van der Waals surface area contributed by atoms with Gasteiger partial charge in [0.25, 0.3) is 10.0 Å². The molecule has 202 valence electrons. The Morgan fingerprint density at radius 2 is 1.20 bits per heavy atom. The summed E-state index contributed by atoms with van der Waals surface area (Å²) in [5, 5.41) is -13.7. The Bertz CT molecular complexity index is 1070. The number of ether oxygens (including phenoxy) is 2. The van der Waals surface area contributed by atoms with Gasteiger partial charge < -0.3 is 9.47 Å². The van der Waals surface area contributed by atoms with E-state index in [0.717, 1.165) is 4.72 Å². The normalized spacial score (nSPS) is 22.3. The van der Waals surface area contributed by atoms with Gasteiger partial charge in [-0.25, -0.2) is 22.7 Å². The van der Waals surface area contributed by atoms with Crippen LogP contribution in [0.1, 0.15) is 33.1 Å². The Kier molecular flexibility index (Phi) is 8.87. The minimum atomic E-state index is -7.18. The van der Waals surface area contributed by atoms with Crippen LogP contribution in [0.5, 0.6) is 0 Å². The average molecular weight is 561 g/mol. The van der Waals surface area contributed by atoms with E-state index in [9.17, 15) is 52.8 Å². The number of sulfonamides is 1. The lowest BCUT2D eigenvalue weighted by Crippen LogP contribution is -2.63. The van der Waals surface area contributed by atoms with Crippen LogP contribution in [0.25, 0.3) is 0 Å². The molecular formula is C17H21F6NO9S2. The summed E-state index contributed by atoms with van der Waals surface area (Å²) < 4.78 is 147. The Morgan fingerprint density at radius 1 is 0.829 bits per heavy atom. The first-order valence-corrected chi connectivity index (χ1v) is 12.3. The van der Waals surface area contributed by atoms with E-state index < -0.39 is 79.6 Å². The number of nitrogens with one attached hydrogen (secondary N) is 1. The van der Waals surface area contributed by atoms with Crippen LogP contribution >= 0.6 is 0 Å². The number of hydrogen-bond donors (Lipinski definition) is 2. The Morgan fingerprint density at radius 3 is 1.51 bits per heavy atom. The molecule has 0 amide bonds. The molecule has 0 aromatic rings. The molecule has 0 spiro atoms. The number of rotatable bonds is 10. The number of carbonyl (C=O) groups is 2. The SMILES string of the molecule is C=C(C)C(=O)OC1CC(NS(=O)(=O)C(F)(F)C(F)(F)C(F)(F)S(=O)(=O)O)CC(OC(=O)C(=C)C)C1. The molecule has 35 heavy (non-hydrogen) atoms. The summed E-state index contributed by atoms with van der Waals surface area (Å²) in [6.45, 7) is 9.02. The molecule has 1 fully saturated rings. The van der Waals surface area contributed by atoms with E-state index in [1.165, 1.54) is 13.8 Å². The molecule has 1 aliphatic carbocycles. The van der Waals surface area contributed by atoms with Crippen LogP contribution < -0.4 is 4.72 Å². The largest absolute Gasteiger partial charge is 0.459 e. The van der Waals surface area contributed by atoms with Gasteiger partial charge in [-0.1, -0.05) is 13.2 Å². The van der Waals surface area contributed by atoms with Gasteiger partial charge in [0, 0.05) is 36.5 Å². The van der Waals surface area contributed by atoms with Gasteiger partial charge >= 0.3 is 38.5 Å². The van der Waals surface area contributed by atoms with E-state index in [1.54, 1.807) is 0 Å². The van der Waals surface area contributed by atoms with Crippen LogP contribution in [0.3, 0.4) is 0 Å². The van der Waals surface area contributed by atoms with Crippen molar-refractivity contribution < 1.29 is 66.8 Å². The zero-order valence-corrected chi connectivity index (χ0v) is 19.7. The molecule has 0 radical (unpaired) electrons. The second kappa shape index (κ2) is 10.1. The number of alkyl halides is 6. The lowest BCUT2D eigenvalue weighted by atomic mass is 9.91. The fourth-order valence-corrected chi connectivity index (χ4v) is 4.56. The zero-order chi connectivity index (χ0) is 27.8. The lowest BCUT2D eigenvalue weighted by molar-refractivity contribution is -0.246. The fraction of sp³-hybridized carbons (Fsp3) is 0.647. The van der Waals surface area contributed by atoms with E-state index in [0.29, 0.717) is 0 Å². The highest BCUT2D eigenvalue weighted by Gasteiger charge is 2.82. The lowest BCUT2D eigenvalue weighted by Gasteiger charge is -2.36. The number of carbonyl (C=O) groups excluding carboxylic acids is 2. The summed E-state index contributed by atoms with van der Waals surface area (Å²) >= 11 is 0. The standard InChI is InChI=1S/C17H21F6NO9S2/c1-8(2)13(25)32-11-5-10(6-12(7-11)33-14(26)9(3)4)24-34(27,28)16(20,21)15(18,19)17(22,23)35(29,30)31/h10-12,24H,1,3,5-7H2,2,4H3,(H,29,30,31). The van der Waals surface area contributed by atoms with Crippen molar-refractivity contribution in [3.05, 3.63) is 24.3 Å². The molecule has 2 unspecified atom stereocenters. The molecule has 0 saturated heterocycles. The zero-order valence-electron chi connectivity index (χ0n) is 18.1. The molecule has 1 rings (SSSR count). The molecule has 0 aliphatic heterocycles. The Balaban J connectivity index is 3.31. The maximum Gasteiger partial charge on any atom is 0.439 e. The number of hydrogen-bond acceptors (Lipinski definition) is 8. The Hall–Kier alpha value is -2.18. The monoisotopic (exact) mass is 561 g/mol. The van der Waals surface area contributed by atoms with Crippen LogP contribution in [0.2, 0.25) is 0 Å². The van der Waals surface area contributed by atoms with Gasteiger partial charge in [-0.3, -0.25) is 4.55 Å². The maximum absolute atomic E-state index is 14.1. The number of halogens is 6. The fourth-order valence-electron chi connectivity index (χ4n) is 2.80. The van der Waals surface area contributed by atoms with Crippen molar-refractivity contribution in [2.75, 3.05) is 0 Å². The molecule has 2 N–H and O–H groups in total. The topological polar surface area (TPSA) is 153 Å². The van der Waals surface area contributed by atoms with Gasteiger partial charge in [0.05, 0.1) is 0 Å². The van der Waals surface area contributed by atoms with E-state index in [2.05, 4.69) is 13.2 Å². The summed E-state index contributed by atoms with van der Waals surface area (Å²) in [6.07, 6.45) is -4.27. The van der Waals surface area contributed by atoms with Gasteiger partial charge in [0.15, 0.2) is 0 Å². The van der Waals surface area contributed by atoms with E-state index in [-0.39, 0.29) is 17.6 Å². The van der Waals surface area contributed by atoms with E-state index >= 15 is 0 Å². The molecule has 0 aromatic carbocycles. The van der Waals surface area contributed by atoms with Crippen molar-refractivity contribution in [2.24, 2.45) is 0 Å². The average Bonchev–Trinajstić information content (AvgIpc) is 2.65. The van der Waals surface area contributed by atoms with Crippen LogP contribution in [0, 0.1) is 0 Å². The van der Waals surface area contributed by atoms with Crippen LogP contribution in [-0.2, 0) is 39.2 Å². The molecule has 1 saturated carbocycles. The van der Waals surface area contributed by atoms with Crippen molar-refractivity contribution in [3.8, 4) is 0 Å². The minimum Gasteiger partial charge on any atom is -0.459 e. The smallest absolute Gasteiger partial charge is 0.439 e. The van der Waals surface area contributed by atoms with Crippen molar-refractivity contribution in [1.29, 1.82) is 0 Å². The summed E-state index contributed by atoms with van der Waals surface area (Å²) in [5.41, 5.74) is -0.274. The molecule has 0 heterocycles. The van der Waals surface area contributed by atoms with Crippen LogP contribution in [0.4, 0.5) is 26.3 Å². The highest BCUT2D eigenvalue weighted by Crippen LogP contribution is 2.50. The molecule has 1 aliphatic rings. The molecule has 0 aromatic heterocycles. The van der Waals surface area contributed by atoms with Gasteiger partial charge in [0.1, 0.15) is 12.2 Å². The molecule has 0 bridgehead atoms. The quantitative estimate of drug-likeness (QED) is 0.177. The van der Waals surface area contributed by atoms with Gasteiger partial charge in [-0.15, -0.1) is 0 Å². The summed E-state index contributed by atoms with van der Waals surface area (Å²) in [6, 6.07) is -1.85. The highest BCUT2D eigenvalue weighted by atomic mass is 32.2. The maximum atomic E-state index is 14.1. The van der Waals surface area contributed by atoms with Crippen molar-refractivity contribution in [3.63, 3.8) is 0 Å². The van der Waals surface area contributed by atoms with Crippen molar-refractivity contribution in [1.82, 2.24) is 4.72 Å². The van der Waals surface area contributed by atoms with Crippen molar-refractivity contribution in [2.45, 2.75) is 67.8 Å². The molecular weight excluding hydrogens is 540 g/mol. The third-order valence-electron chi connectivity index (χ3n) is 4.58. The molecule has 18 heteroatoms. The predicted octanol–water partition coefficient (Wildman–Crippen LogP) is 2.14. The second-order valence-electron chi connectivity index (χ2n) is 7.72. The minimum absolute atomic E-state index is 0.137. The third kappa shape index (κ3) is 6.34. The second-order valence-corrected chi connectivity index (χ2v) is 10.9. The number of esters is 2. The summed E-state index contributed by atoms with van der Waals surface area (Å²) in [7, 11) is -14.0. The van der Waals surface area contributed by atoms with Crippen molar-refractivity contribution >= 4 is 32.1 Å². The predicted molar refractivity (Wildman–Crippen MR) is 105 cm³/mol. The van der Waals surface area contributed by atoms with E-state index in [4.69, 9.17) is 14.0 Å².